The molecule has 0 radical (unpaired) electrons. The van der Waals surface area contributed by atoms with Gasteiger partial charge in [0, 0.05) is 17.5 Å². The first-order valence-electron chi connectivity index (χ1n) is 4.97. The number of carbonyl (C=O) groups excluding carboxylic acids is 1. The average molecular weight is 244 g/mol. The van der Waals surface area contributed by atoms with E-state index in [1.165, 1.54) is 0 Å². The number of nitrogens with one attached hydrogen (secondary N) is 1. The highest BCUT2D eigenvalue weighted by Gasteiger charge is 2.20. The molecular weight excluding hydrogens is 228 g/mol. The Hall–Kier alpha value is -1.95. The van der Waals surface area contributed by atoms with Crippen LogP contribution in [0.3, 0.4) is 0 Å². The molecule has 8 heteroatoms. The minimum Gasteiger partial charge on any atom is -0.481 e. The normalized spacial score (nSPS) is 12.2. The van der Waals surface area contributed by atoms with Gasteiger partial charge in [-0.3, -0.25) is 4.79 Å². The largest absolute Gasteiger partial charge is 0.481 e. The molecule has 0 unspecified atom stereocenters. The van der Waals surface area contributed by atoms with Gasteiger partial charge in [0.15, 0.2) is 0 Å². The Bertz CT molecular complexity index is 326. The third-order valence-electron chi connectivity index (χ3n) is 1.51. The van der Waals surface area contributed by atoms with Crippen molar-refractivity contribution in [3.8, 4) is 0 Å². The third kappa shape index (κ3) is 9.01. The first-order valence-corrected chi connectivity index (χ1v) is 4.97. The number of hydrogen-bond donors (Lipinski definition) is 2. The Morgan fingerprint density at radius 1 is 1.53 bits per heavy atom. The summed E-state index contributed by atoms with van der Waals surface area (Å²) in [6.07, 6.45) is -1.07. The minimum absolute atomic E-state index is 0.137. The molecule has 0 saturated carbocycles. The van der Waals surface area contributed by atoms with Gasteiger partial charge in [-0.25, -0.2) is 4.79 Å². The minimum atomic E-state index is -1.10. The van der Waals surface area contributed by atoms with Crippen LogP contribution in [-0.2, 0) is 9.53 Å². The summed E-state index contributed by atoms with van der Waals surface area (Å²) in [4.78, 5) is 24.4. The van der Waals surface area contributed by atoms with Crippen molar-refractivity contribution in [1.29, 1.82) is 0 Å². The van der Waals surface area contributed by atoms with Crippen LogP contribution in [0.4, 0.5) is 4.79 Å². The van der Waals surface area contributed by atoms with Gasteiger partial charge < -0.3 is 15.2 Å². The maximum Gasteiger partial charge on any atom is 0.407 e. The second-order valence-electron chi connectivity index (χ2n) is 4.35. The third-order valence-corrected chi connectivity index (χ3v) is 1.51. The summed E-state index contributed by atoms with van der Waals surface area (Å²) in [7, 11) is 0. The lowest BCUT2D eigenvalue weighted by Crippen LogP contribution is -2.41. The van der Waals surface area contributed by atoms with Crippen LogP contribution in [-0.4, -0.2) is 35.4 Å². The van der Waals surface area contributed by atoms with Crippen molar-refractivity contribution < 1.29 is 19.4 Å². The molecule has 17 heavy (non-hydrogen) atoms. The van der Waals surface area contributed by atoms with Crippen LogP contribution in [0.2, 0.25) is 0 Å². The van der Waals surface area contributed by atoms with Crippen molar-refractivity contribution in [2.45, 2.75) is 38.8 Å². The van der Waals surface area contributed by atoms with Crippen LogP contribution in [0.5, 0.6) is 0 Å². The molecule has 2 N–H and O–H groups in total. The lowest BCUT2D eigenvalue weighted by molar-refractivity contribution is -0.137. The molecule has 0 bridgehead atoms. The number of carboxylic acids is 1. The maximum absolute atomic E-state index is 11.4. The number of hydrogen-bond acceptors (Lipinski definition) is 4. The van der Waals surface area contributed by atoms with E-state index in [1.54, 1.807) is 20.8 Å². The Morgan fingerprint density at radius 3 is 2.53 bits per heavy atom. The van der Waals surface area contributed by atoms with E-state index in [-0.39, 0.29) is 13.0 Å². The lowest BCUT2D eigenvalue weighted by Gasteiger charge is -2.22. The standard InChI is InChI=1S/C9H16N4O4/c1-9(2,3)17-8(16)12-6(4-7(14)15)5-11-13-10/h6H,4-5H2,1-3H3,(H,12,16)(H,14,15)/t6-/m0/s1. The lowest BCUT2D eigenvalue weighted by atomic mass is 10.2. The monoisotopic (exact) mass is 244 g/mol. The zero-order valence-electron chi connectivity index (χ0n) is 10.0. The van der Waals surface area contributed by atoms with Gasteiger partial charge >= 0.3 is 12.1 Å². The summed E-state index contributed by atoms with van der Waals surface area (Å²) >= 11 is 0. The molecule has 0 aromatic heterocycles. The van der Waals surface area contributed by atoms with Crippen LogP contribution in [0.25, 0.3) is 10.4 Å². The molecule has 96 valence electrons. The molecule has 0 saturated heterocycles. The van der Waals surface area contributed by atoms with Crippen LogP contribution in [0, 0.1) is 0 Å². The number of carboxylic acid groups (broad SMARTS) is 1. The molecule has 0 heterocycles. The number of ether oxygens (including phenoxy) is 1. The molecule has 0 spiro atoms. The fourth-order valence-corrected chi connectivity index (χ4v) is 0.981. The summed E-state index contributed by atoms with van der Waals surface area (Å²) in [6, 6.07) is -0.779. The molecule has 0 rings (SSSR count). The number of nitrogens with zero attached hydrogens (tertiary/aromatic N) is 3. The Balaban J connectivity index is 4.36. The SMILES string of the molecule is CC(C)(C)OC(=O)N[C@H](CN=[N+]=[N-])CC(=O)O. The van der Waals surface area contributed by atoms with Gasteiger partial charge in [0.05, 0.1) is 6.42 Å². The average Bonchev–Trinajstić information content (AvgIpc) is 2.09. The van der Waals surface area contributed by atoms with Crippen LogP contribution in [0.15, 0.2) is 5.11 Å². The van der Waals surface area contributed by atoms with E-state index in [2.05, 4.69) is 15.3 Å². The summed E-state index contributed by atoms with van der Waals surface area (Å²) in [5.41, 5.74) is 7.47. The van der Waals surface area contributed by atoms with Crippen LogP contribution >= 0.6 is 0 Å². The van der Waals surface area contributed by atoms with E-state index in [0.29, 0.717) is 0 Å². The molecule has 0 aromatic rings. The van der Waals surface area contributed by atoms with Gasteiger partial charge in [0.2, 0.25) is 0 Å². The molecular formula is C9H16N4O4. The van der Waals surface area contributed by atoms with Crippen LogP contribution in [0.1, 0.15) is 27.2 Å². The Labute approximate surface area is 98.6 Å². The second-order valence-corrected chi connectivity index (χ2v) is 4.35. The summed E-state index contributed by atoms with van der Waals surface area (Å²) in [6.45, 7) is 4.92. The Morgan fingerprint density at radius 2 is 2.12 bits per heavy atom. The smallest absolute Gasteiger partial charge is 0.407 e. The highest BCUT2D eigenvalue weighted by atomic mass is 16.6. The fourth-order valence-electron chi connectivity index (χ4n) is 0.981. The van der Waals surface area contributed by atoms with Gasteiger partial charge in [-0.1, -0.05) is 5.11 Å². The van der Waals surface area contributed by atoms with E-state index < -0.39 is 23.7 Å². The number of azide groups is 1. The van der Waals surface area contributed by atoms with Crippen molar-refractivity contribution in [3.63, 3.8) is 0 Å². The topological polar surface area (TPSA) is 124 Å². The fraction of sp³-hybridized carbons (Fsp3) is 0.778. The van der Waals surface area contributed by atoms with Crippen molar-refractivity contribution in [2.75, 3.05) is 6.54 Å². The zero-order valence-corrected chi connectivity index (χ0v) is 10.0. The highest BCUT2D eigenvalue weighted by molar-refractivity contribution is 5.71. The first kappa shape index (κ1) is 15.0. The van der Waals surface area contributed by atoms with E-state index in [0.717, 1.165) is 0 Å². The van der Waals surface area contributed by atoms with Crippen molar-refractivity contribution in [2.24, 2.45) is 5.11 Å². The van der Waals surface area contributed by atoms with Gasteiger partial charge in [0.1, 0.15) is 5.60 Å². The second kappa shape index (κ2) is 6.59. The number of alkyl carbamates (subject to hydrolysis) is 1. The molecule has 1 amide bonds. The number of carbonyl (C=O) groups is 2. The van der Waals surface area contributed by atoms with Crippen molar-refractivity contribution in [3.05, 3.63) is 10.4 Å². The molecule has 0 aromatic carbocycles. The predicted octanol–water partition coefficient (Wildman–Crippen LogP) is 1.66. The van der Waals surface area contributed by atoms with Crippen molar-refractivity contribution >= 4 is 12.1 Å². The number of rotatable bonds is 5. The molecule has 1 atom stereocenters. The molecule has 0 aliphatic heterocycles. The van der Waals surface area contributed by atoms with Gasteiger partial charge in [0.25, 0.3) is 0 Å². The van der Waals surface area contributed by atoms with E-state index in [4.69, 9.17) is 15.4 Å². The predicted molar refractivity (Wildman–Crippen MR) is 59.4 cm³/mol. The number of aliphatic carboxylic acids is 1. The molecule has 0 fully saturated rings. The molecule has 8 nitrogen and oxygen atoms in total. The summed E-state index contributed by atoms with van der Waals surface area (Å²) in [5.74, 6) is -1.10. The van der Waals surface area contributed by atoms with Crippen molar-refractivity contribution in [1.82, 2.24) is 5.32 Å². The molecule has 0 aliphatic rings. The summed E-state index contributed by atoms with van der Waals surface area (Å²) < 4.78 is 4.95. The van der Waals surface area contributed by atoms with E-state index in [9.17, 15) is 9.59 Å². The van der Waals surface area contributed by atoms with E-state index in [1.807, 2.05) is 0 Å². The summed E-state index contributed by atoms with van der Waals surface area (Å²) in [5, 5.41) is 14.2. The van der Waals surface area contributed by atoms with Gasteiger partial charge in [-0.2, -0.15) is 0 Å². The number of amides is 1. The van der Waals surface area contributed by atoms with Crippen LogP contribution < -0.4 is 5.32 Å². The Kier molecular flexibility index (Phi) is 5.84. The first-order chi connectivity index (χ1) is 7.74. The molecule has 0 aliphatic carbocycles. The highest BCUT2D eigenvalue weighted by Crippen LogP contribution is 2.07. The van der Waals surface area contributed by atoms with Gasteiger partial charge in [-0.05, 0) is 26.3 Å². The zero-order chi connectivity index (χ0) is 13.5. The van der Waals surface area contributed by atoms with Gasteiger partial charge in [-0.15, -0.1) is 0 Å². The maximum atomic E-state index is 11.4. The quantitative estimate of drug-likeness (QED) is 0.433. The van der Waals surface area contributed by atoms with E-state index >= 15 is 0 Å².